The van der Waals surface area contributed by atoms with Gasteiger partial charge in [0.2, 0.25) is 0 Å². The fourth-order valence-corrected chi connectivity index (χ4v) is 1.55. The van der Waals surface area contributed by atoms with E-state index >= 15 is 0 Å². The highest BCUT2D eigenvalue weighted by atomic mass is 16.5. The van der Waals surface area contributed by atoms with Gasteiger partial charge in [-0.05, 0) is 32.5 Å². The second-order valence-corrected chi connectivity index (χ2v) is 3.56. The molecule has 0 amide bonds. The summed E-state index contributed by atoms with van der Waals surface area (Å²) in [7, 11) is 1.70. The lowest BCUT2D eigenvalue weighted by Crippen LogP contribution is -2.22. The lowest BCUT2D eigenvalue weighted by molar-refractivity contribution is 0.401. The molecule has 0 aliphatic carbocycles. The van der Waals surface area contributed by atoms with Crippen molar-refractivity contribution in [2.24, 2.45) is 5.73 Å². The van der Waals surface area contributed by atoms with Gasteiger partial charge < -0.3 is 15.8 Å². The molecule has 1 aromatic rings. The van der Waals surface area contributed by atoms with Gasteiger partial charge in [0.05, 0.1) is 7.11 Å². The molecule has 0 saturated heterocycles. The van der Waals surface area contributed by atoms with Gasteiger partial charge >= 0.3 is 0 Å². The number of ether oxygens (including phenoxy) is 1. The van der Waals surface area contributed by atoms with Gasteiger partial charge in [-0.1, -0.05) is 18.2 Å². The molecule has 3 nitrogen and oxygen atoms in total. The highest BCUT2D eigenvalue weighted by Crippen LogP contribution is 2.23. The van der Waals surface area contributed by atoms with Crippen LogP contribution in [-0.4, -0.2) is 20.2 Å². The molecule has 0 spiro atoms. The summed E-state index contributed by atoms with van der Waals surface area (Å²) in [5.74, 6) is 0.935. The van der Waals surface area contributed by atoms with Gasteiger partial charge in [-0.3, -0.25) is 0 Å². The fraction of sp³-hybridized carbons (Fsp3) is 0.500. The summed E-state index contributed by atoms with van der Waals surface area (Å²) < 4.78 is 5.31. The van der Waals surface area contributed by atoms with Crippen LogP contribution in [0.1, 0.15) is 24.9 Å². The second kappa shape index (κ2) is 6.43. The third kappa shape index (κ3) is 3.53. The summed E-state index contributed by atoms with van der Waals surface area (Å²) in [5, 5.41) is 3.41. The van der Waals surface area contributed by atoms with Crippen LogP contribution in [0.4, 0.5) is 0 Å². The van der Waals surface area contributed by atoms with Crippen molar-refractivity contribution in [3.05, 3.63) is 29.8 Å². The molecule has 15 heavy (non-hydrogen) atoms. The minimum atomic E-state index is 0.299. The summed E-state index contributed by atoms with van der Waals surface area (Å²) >= 11 is 0. The van der Waals surface area contributed by atoms with Crippen LogP contribution in [-0.2, 0) is 0 Å². The molecular formula is C12H20N2O. The molecule has 0 heterocycles. The second-order valence-electron chi connectivity index (χ2n) is 3.56. The molecule has 0 fully saturated rings. The van der Waals surface area contributed by atoms with E-state index in [1.54, 1.807) is 7.11 Å². The number of nitrogens with two attached hydrogens (primary N) is 1. The SMILES string of the molecule is COc1ccccc1C(C)NCCCN. The molecule has 3 N–H and O–H groups in total. The van der Waals surface area contributed by atoms with Crippen LogP contribution in [0.2, 0.25) is 0 Å². The minimum absolute atomic E-state index is 0.299. The Hall–Kier alpha value is -1.06. The predicted molar refractivity (Wildman–Crippen MR) is 63.1 cm³/mol. The zero-order chi connectivity index (χ0) is 11.1. The van der Waals surface area contributed by atoms with Gasteiger partial charge in [0, 0.05) is 11.6 Å². The first kappa shape index (κ1) is 12.0. The Balaban J connectivity index is 2.59. The van der Waals surface area contributed by atoms with Crippen molar-refractivity contribution in [1.82, 2.24) is 5.32 Å². The summed E-state index contributed by atoms with van der Waals surface area (Å²) in [6, 6.07) is 8.37. The monoisotopic (exact) mass is 208 g/mol. The molecule has 0 saturated carbocycles. The van der Waals surface area contributed by atoms with E-state index in [4.69, 9.17) is 10.5 Å². The van der Waals surface area contributed by atoms with E-state index in [0.717, 1.165) is 25.3 Å². The van der Waals surface area contributed by atoms with Crippen molar-refractivity contribution in [3.8, 4) is 5.75 Å². The maximum absolute atomic E-state index is 5.44. The molecule has 1 unspecified atom stereocenters. The highest BCUT2D eigenvalue weighted by molar-refractivity contribution is 5.35. The third-order valence-electron chi connectivity index (χ3n) is 2.44. The molecule has 0 aromatic heterocycles. The van der Waals surface area contributed by atoms with Gasteiger partial charge in [0.25, 0.3) is 0 Å². The first-order valence-electron chi connectivity index (χ1n) is 5.36. The van der Waals surface area contributed by atoms with Crippen LogP contribution in [0, 0.1) is 0 Å². The molecule has 0 radical (unpaired) electrons. The zero-order valence-corrected chi connectivity index (χ0v) is 9.49. The first-order valence-corrected chi connectivity index (χ1v) is 5.36. The first-order chi connectivity index (χ1) is 7.29. The Morgan fingerprint density at radius 1 is 1.40 bits per heavy atom. The van der Waals surface area contributed by atoms with Crippen molar-refractivity contribution in [2.75, 3.05) is 20.2 Å². The standard InChI is InChI=1S/C12H20N2O/c1-10(14-9-5-8-13)11-6-3-4-7-12(11)15-2/h3-4,6-7,10,14H,5,8-9,13H2,1-2H3. The largest absolute Gasteiger partial charge is 0.496 e. The van der Waals surface area contributed by atoms with Crippen molar-refractivity contribution < 1.29 is 4.74 Å². The Morgan fingerprint density at radius 3 is 2.80 bits per heavy atom. The lowest BCUT2D eigenvalue weighted by atomic mass is 10.1. The lowest BCUT2D eigenvalue weighted by Gasteiger charge is -2.16. The van der Waals surface area contributed by atoms with Crippen LogP contribution in [0.5, 0.6) is 5.75 Å². The normalized spacial score (nSPS) is 12.5. The van der Waals surface area contributed by atoms with Gasteiger partial charge in [0.1, 0.15) is 5.75 Å². The summed E-state index contributed by atoms with van der Waals surface area (Å²) in [6.45, 7) is 3.80. The van der Waals surface area contributed by atoms with Crippen LogP contribution in [0.25, 0.3) is 0 Å². The minimum Gasteiger partial charge on any atom is -0.496 e. The van der Waals surface area contributed by atoms with Crippen LogP contribution >= 0.6 is 0 Å². The predicted octanol–water partition coefficient (Wildman–Crippen LogP) is 1.69. The molecular weight excluding hydrogens is 188 g/mol. The highest BCUT2D eigenvalue weighted by Gasteiger charge is 2.08. The molecule has 84 valence electrons. The molecule has 0 aliphatic rings. The molecule has 1 atom stereocenters. The summed E-state index contributed by atoms with van der Waals surface area (Å²) in [5.41, 5.74) is 6.64. The number of nitrogens with one attached hydrogen (secondary N) is 1. The number of rotatable bonds is 6. The number of hydrogen-bond donors (Lipinski definition) is 2. The van der Waals surface area contributed by atoms with E-state index in [0.29, 0.717) is 6.04 Å². The van der Waals surface area contributed by atoms with Crippen molar-refractivity contribution in [1.29, 1.82) is 0 Å². The Morgan fingerprint density at radius 2 is 2.13 bits per heavy atom. The molecule has 1 rings (SSSR count). The number of hydrogen-bond acceptors (Lipinski definition) is 3. The fourth-order valence-electron chi connectivity index (χ4n) is 1.55. The van der Waals surface area contributed by atoms with Gasteiger partial charge in [0.15, 0.2) is 0 Å². The number of para-hydroxylation sites is 1. The number of methoxy groups -OCH3 is 1. The molecule has 0 aliphatic heterocycles. The Bertz CT molecular complexity index is 289. The molecule has 1 aromatic carbocycles. The maximum Gasteiger partial charge on any atom is 0.123 e. The zero-order valence-electron chi connectivity index (χ0n) is 9.49. The Labute approximate surface area is 91.6 Å². The van der Waals surface area contributed by atoms with E-state index < -0.39 is 0 Å². The van der Waals surface area contributed by atoms with E-state index in [-0.39, 0.29) is 0 Å². The topological polar surface area (TPSA) is 47.3 Å². The van der Waals surface area contributed by atoms with Crippen molar-refractivity contribution in [3.63, 3.8) is 0 Å². The van der Waals surface area contributed by atoms with Crippen LogP contribution in [0.15, 0.2) is 24.3 Å². The Kier molecular flexibility index (Phi) is 5.15. The number of benzene rings is 1. The average molecular weight is 208 g/mol. The summed E-state index contributed by atoms with van der Waals surface area (Å²) in [6.07, 6.45) is 0.999. The van der Waals surface area contributed by atoms with Crippen LogP contribution < -0.4 is 15.8 Å². The van der Waals surface area contributed by atoms with E-state index in [1.807, 2.05) is 18.2 Å². The van der Waals surface area contributed by atoms with Gasteiger partial charge in [-0.15, -0.1) is 0 Å². The smallest absolute Gasteiger partial charge is 0.123 e. The third-order valence-corrected chi connectivity index (χ3v) is 2.44. The quantitative estimate of drug-likeness (QED) is 0.699. The molecule has 0 bridgehead atoms. The van der Waals surface area contributed by atoms with Crippen molar-refractivity contribution >= 4 is 0 Å². The van der Waals surface area contributed by atoms with Gasteiger partial charge in [-0.25, -0.2) is 0 Å². The molecule has 3 heteroatoms. The summed E-state index contributed by atoms with van der Waals surface area (Å²) in [4.78, 5) is 0. The van der Waals surface area contributed by atoms with Crippen LogP contribution in [0.3, 0.4) is 0 Å². The van der Waals surface area contributed by atoms with Gasteiger partial charge in [-0.2, -0.15) is 0 Å². The van der Waals surface area contributed by atoms with Crippen molar-refractivity contribution in [2.45, 2.75) is 19.4 Å². The average Bonchev–Trinajstić information content (AvgIpc) is 2.29. The van der Waals surface area contributed by atoms with E-state index in [2.05, 4.69) is 18.3 Å². The van der Waals surface area contributed by atoms with E-state index in [1.165, 1.54) is 5.56 Å². The maximum atomic E-state index is 5.44. The van der Waals surface area contributed by atoms with E-state index in [9.17, 15) is 0 Å².